The van der Waals surface area contributed by atoms with Crippen molar-refractivity contribution in [3.05, 3.63) is 16.1 Å². The normalized spacial score (nSPS) is 11.2. The van der Waals surface area contributed by atoms with E-state index >= 15 is 0 Å². The lowest BCUT2D eigenvalue weighted by atomic mass is 10.4. The molecule has 15 heavy (non-hydrogen) atoms. The van der Waals surface area contributed by atoms with Gasteiger partial charge < -0.3 is 10.1 Å². The number of nitrogens with one attached hydrogen (secondary N) is 1. The lowest BCUT2D eigenvalue weighted by molar-refractivity contribution is 0.0770. The molecule has 1 aromatic rings. The van der Waals surface area contributed by atoms with Gasteiger partial charge in [-0.1, -0.05) is 0 Å². The monoisotopic (exact) mass is 228 g/mol. The van der Waals surface area contributed by atoms with Gasteiger partial charge in [-0.3, -0.25) is 0 Å². The van der Waals surface area contributed by atoms with Gasteiger partial charge in [-0.15, -0.1) is 11.3 Å². The topological polar surface area (TPSA) is 34.2 Å². The number of nitrogens with zero attached hydrogens (tertiary/aromatic N) is 1. The van der Waals surface area contributed by atoms with Gasteiger partial charge in [-0.05, 0) is 33.7 Å². The number of aryl methyl sites for hydroxylation is 1. The van der Waals surface area contributed by atoms with E-state index in [9.17, 15) is 0 Å². The molecule has 0 aliphatic carbocycles. The molecule has 1 rings (SSSR count). The van der Waals surface area contributed by atoms with Crippen LogP contribution in [0.25, 0.3) is 0 Å². The zero-order chi connectivity index (χ0) is 11.1. The van der Waals surface area contributed by atoms with Crippen LogP contribution in [0.15, 0.2) is 6.20 Å². The number of ether oxygens (including phenoxy) is 1. The van der Waals surface area contributed by atoms with Crippen LogP contribution in [0.2, 0.25) is 0 Å². The van der Waals surface area contributed by atoms with Crippen LogP contribution in [-0.2, 0) is 11.3 Å². The summed E-state index contributed by atoms with van der Waals surface area (Å²) in [5, 5.41) is 4.51. The van der Waals surface area contributed by atoms with Gasteiger partial charge in [-0.25, -0.2) is 4.98 Å². The van der Waals surface area contributed by atoms with Crippen LogP contribution in [0, 0.1) is 6.92 Å². The summed E-state index contributed by atoms with van der Waals surface area (Å²) < 4.78 is 5.45. The smallest absolute Gasteiger partial charge is 0.0897 e. The maximum Gasteiger partial charge on any atom is 0.0897 e. The molecule has 0 amide bonds. The molecule has 0 spiro atoms. The van der Waals surface area contributed by atoms with Crippen LogP contribution in [0.4, 0.5) is 0 Å². The highest BCUT2D eigenvalue weighted by atomic mass is 32.1. The van der Waals surface area contributed by atoms with Gasteiger partial charge in [0.05, 0.1) is 11.1 Å². The van der Waals surface area contributed by atoms with Crippen molar-refractivity contribution in [3.63, 3.8) is 0 Å². The summed E-state index contributed by atoms with van der Waals surface area (Å²) >= 11 is 1.75. The van der Waals surface area contributed by atoms with Crippen LogP contribution >= 0.6 is 11.3 Å². The van der Waals surface area contributed by atoms with E-state index in [0.29, 0.717) is 6.10 Å². The van der Waals surface area contributed by atoms with Gasteiger partial charge in [0.15, 0.2) is 0 Å². The molecule has 0 fully saturated rings. The first-order valence-electron chi connectivity index (χ1n) is 5.42. The molecule has 0 saturated carbocycles. The van der Waals surface area contributed by atoms with E-state index in [1.54, 1.807) is 11.3 Å². The predicted octanol–water partition coefficient (Wildman–Crippen LogP) is 2.36. The van der Waals surface area contributed by atoms with Crippen molar-refractivity contribution in [1.82, 2.24) is 10.3 Å². The lowest BCUT2D eigenvalue weighted by Gasteiger charge is -2.07. The average molecular weight is 228 g/mol. The van der Waals surface area contributed by atoms with E-state index in [1.165, 1.54) is 4.88 Å². The SMILES string of the molecule is Cc1ncc(CNCCCOC(C)C)s1. The molecule has 0 aliphatic rings. The van der Waals surface area contributed by atoms with Crippen LogP contribution in [0.1, 0.15) is 30.2 Å². The molecule has 0 unspecified atom stereocenters. The van der Waals surface area contributed by atoms with E-state index < -0.39 is 0 Å². The Morgan fingerprint density at radius 3 is 2.93 bits per heavy atom. The highest BCUT2D eigenvalue weighted by molar-refractivity contribution is 7.11. The summed E-state index contributed by atoms with van der Waals surface area (Å²) in [6.07, 6.45) is 3.35. The summed E-state index contributed by atoms with van der Waals surface area (Å²) in [4.78, 5) is 5.51. The lowest BCUT2D eigenvalue weighted by Crippen LogP contribution is -2.16. The van der Waals surface area contributed by atoms with Gasteiger partial charge >= 0.3 is 0 Å². The summed E-state index contributed by atoms with van der Waals surface area (Å²) in [5.41, 5.74) is 0. The molecule has 0 aliphatic heterocycles. The van der Waals surface area contributed by atoms with E-state index in [2.05, 4.69) is 24.1 Å². The van der Waals surface area contributed by atoms with E-state index in [4.69, 9.17) is 4.74 Å². The second kappa shape index (κ2) is 6.93. The van der Waals surface area contributed by atoms with Crippen molar-refractivity contribution < 1.29 is 4.74 Å². The Kier molecular flexibility index (Phi) is 5.83. The second-order valence-corrected chi connectivity index (χ2v) is 5.11. The molecule has 1 N–H and O–H groups in total. The molecule has 3 nitrogen and oxygen atoms in total. The Hall–Kier alpha value is -0.450. The Morgan fingerprint density at radius 2 is 2.33 bits per heavy atom. The summed E-state index contributed by atoms with van der Waals surface area (Å²) in [5.74, 6) is 0. The van der Waals surface area contributed by atoms with E-state index in [1.807, 2.05) is 13.1 Å². The zero-order valence-corrected chi connectivity index (χ0v) is 10.6. The number of hydrogen-bond acceptors (Lipinski definition) is 4. The van der Waals surface area contributed by atoms with Crippen molar-refractivity contribution in [2.24, 2.45) is 0 Å². The molecule has 0 atom stereocenters. The molecule has 0 saturated heterocycles. The molecular formula is C11H20N2OS. The summed E-state index contributed by atoms with van der Waals surface area (Å²) in [6.45, 7) is 8.93. The van der Waals surface area contributed by atoms with Crippen LogP contribution in [0.5, 0.6) is 0 Å². The Morgan fingerprint density at radius 1 is 1.53 bits per heavy atom. The average Bonchev–Trinajstić information content (AvgIpc) is 2.57. The second-order valence-electron chi connectivity index (χ2n) is 3.80. The van der Waals surface area contributed by atoms with Gasteiger partial charge in [-0.2, -0.15) is 0 Å². The first kappa shape index (κ1) is 12.6. The van der Waals surface area contributed by atoms with Crippen LogP contribution in [-0.4, -0.2) is 24.2 Å². The third-order valence-corrected chi connectivity index (χ3v) is 2.83. The molecule has 0 aromatic carbocycles. The fourth-order valence-corrected chi connectivity index (χ4v) is 1.98. The predicted molar refractivity (Wildman–Crippen MR) is 64.3 cm³/mol. The number of aromatic nitrogens is 1. The molecular weight excluding hydrogens is 208 g/mol. The van der Waals surface area contributed by atoms with Gasteiger partial charge in [0.25, 0.3) is 0 Å². The Balaban J connectivity index is 1.98. The van der Waals surface area contributed by atoms with E-state index in [-0.39, 0.29) is 0 Å². The van der Waals surface area contributed by atoms with Gasteiger partial charge in [0, 0.05) is 24.2 Å². The first-order valence-corrected chi connectivity index (χ1v) is 6.23. The quantitative estimate of drug-likeness (QED) is 0.727. The largest absolute Gasteiger partial charge is 0.379 e. The minimum atomic E-state index is 0.342. The van der Waals surface area contributed by atoms with Crippen molar-refractivity contribution >= 4 is 11.3 Å². The third-order valence-electron chi connectivity index (χ3n) is 1.92. The standard InChI is InChI=1S/C11H20N2OS/c1-9(2)14-6-4-5-12-7-11-8-13-10(3)15-11/h8-9,12H,4-7H2,1-3H3. The first-order chi connectivity index (χ1) is 7.18. The van der Waals surface area contributed by atoms with Crippen molar-refractivity contribution in [1.29, 1.82) is 0 Å². The summed E-state index contributed by atoms with van der Waals surface area (Å²) in [6, 6.07) is 0. The highest BCUT2D eigenvalue weighted by Gasteiger charge is 1.97. The molecule has 4 heteroatoms. The number of hydrogen-bond donors (Lipinski definition) is 1. The molecule has 1 heterocycles. The molecule has 86 valence electrons. The third kappa shape index (κ3) is 5.87. The fourth-order valence-electron chi connectivity index (χ4n) is 1.21. The summed E-state index contributed by atoms with van der Waals surface area (Å²) in [7, 11) is 0. The minimum Gasteiger partial charge on any atom is -0.379 e. The molecule has 0 bridgehead atoms. The number of thiazole rings is 1. The fraction of sp³-hybridized carbons (Fsp3) is 0.727. The number of rotatable bonds is 7. The molecule has 0 radical (unpaired) electrons. The van der Waals surface area contributed by atoms with Crippen molar-refractivity contribution in [3.8, 4) is 0 Å². The van der Waals surface area contributed by atoms with Crippen molar-refractivity contribution in [2.45, 2.75) is 39.8 Å². The van der Waals surface area contributed by atoms with Gasteiger partial charge in [0.2, 0.25) is 0 Å². The van der Waals surface area contributed by atoms with Gasteiger partial charge in [0.1, 0.15) is 0 Å². The zero-order valence-electron chi connectivity index (χ0n) is 9.75. The maximum atomic E-state index is 5.45. The maximum absolute atomic E-state index is 5.45. The van der Waals surface area contributed by atoms with Crippen molar-refractivity contribution in [2.75, 3.05) is 13.2 Å². The van der Waals surface area contributed by atoms with Crippen LogP contribution in [0.3, 0.4) is 0 Å². The van der Waals surface area contributed by atoms with Crippen LogP contribution < -0.4 is 5.32 Å². The Labute approximate surface area is 95.9 Å². The molecule has 1 aromatic heterocycles. The van der Waals surface area contributed by atoms with E-state index in [0.717, 1.165) is 31.1 Å². The highest BCUT2D eigenvalue weighted by Crippen LogP contribution is 2.10. The minimum absolute atomic E-state index is 0.342. The Bertz CT molecular complexity index is 273.